The summed E-state index contributed by atoms with van der Waals surface area (Å²) < 4.78 is 31.4. The van der Waals surface area contributed by atoms with Crippen molar-refractivity contribution >= 4 is 22.0 Å². The first-order chi connectivity index (χ1) is 11.8. The van der Waals surface area contributed by atoms with Crippen molar-refractivity contribution in [2.24, 2.45) is 0 Å². The normalized spacial score (nSPS) is 13.0. The second-order valence-electron chi connectivity index (χ2n) is 5.86. The SMILES string of the molecule is CCCCCC(C)NC(=O)/C=C/c1ccc(OC)c(S(=O)(=O)NC)c1. The Kier molecular flexibility index (Phi) is 8.65. The van der Waals surface area contributed by atoms with Gasteiger partial charge in [0.25, 0.3) is 0 Å². The van der Waals surface area contributed by atoms with Crippen LogP contribution < -0.4 is 14.8 Å². The van der Waals surface area contributed by atoms with Gasteiger partial charge in [-0.15, -0.1) is 0 Å². The van der Waals surface area contributed by atoms with Crippen molar-refractivity contribution in [2.75, 3.05) is 14.2 Å². The van der Waals surface area contributed by atoms with Gasteiger partial charge in [0.15, 0.2) is 0 Å². The summed E-state index contributed by atoms with van der Waals surface area (Å²) in [6.07, 6.45) is 7.34. The number of unbranched alkanes of at least 4 members (excludes halogenated alkanes) is 2. The molecule has 0 saturated heterocycles. The number of carbonyl (C=O) groups excluding carboxylic acids is 1. The van der Waals surface area contributed by atoms with E-state index < -0.39 is 10.0 Å². The lowest BCUT2D eigenvalue weighted by Gasteiger charge is -2.12. The van der Waals surface area contributed by atoms with Crippen molar-refractivity contribution in [1.82, 2.24) is 10.0 Å². The Labute approximate surface area is 150 Å². The summed E-state index contributed by atoms with van der Waals surface area (Å²) in [5.74, 6) is 0.0540. The maximum absolute atomic E-state index is 12.0. The molecular formula is C18H28N2O4S. The summed E-state index contributed by atoms with van der Waals surface area (Å²) in [6, 6.07) is 4.84. The predicted octanol–water partition coefficient (Wildman–Crippen LogP) is 2.70. The number of benzene rings is 1. The van der Waals surface area contributed by atoms with Gasteiger partial charge in [-0.1, -0.05) is 32.3 Å². The summed E-state index contributed by atoms with van der Waals surface area (Å²) in [5.41, 5.74) is 0.600. The highest BCUT2D eigenvalue weighted by Gasteiger charge is 2.17. The third-order valence-corrected chi connectivity index (χ3v) is 5.24. The molecule has 0 saturated carbocycles. The molecule has 0 aromatic heterocycles. The smallest absolute Gasteiger partial charge is 0.244 e. The van der Waals surface area contributed by atoms with Gasteiger partial charge < -0.3 is 10.1 Å². The largest absolute Gasteiger partial charge is 0.495 e. The highest BCUT2D eigenvalue weighted by Crippen LogP contribution is 2.25. The Bertz CT molecular complexity index is 699. The third-order valence-electron chi connectivity index (χ3n) is 3.80. The Balaban J connectivity index is 2.80. The number of nitrogens with one attached hydrogen (secondary N) is 2. The van der Waals surface area contributed by atoms with Gasteiger partial charge in [-0.3, -0.25) is 4.79 Å². The highest BCUT2D eigenvalue weighted by molar-refractivity contribution is 7.89. The Morgan fingerprint density at radius 2 is 2.04 bits per heavy atom. The summed E-state index contributed by atoms with van der Waals surface area (Å²) >= 11 is 0. The molecule has 1 unspecified atom stereocenters. The van der Waals surface area contributed by atoms with E-state index in [1.54, 1.807) is 18.2 Å². The summed E-state index contributed by atoms with van der Waals surface area (Å²) in [4.78, 5) is 12.0. The van der Waals surface area contributed by atoms with Crippen LogP contribution in [-0.2, 0) is 14.8 Å². The molecule has 1 aromatic rings. The lowest BCUT2D eigenvalue weighted by Crippen LogP contribution is -2.30. The molecule has 0 aliphatic rings. The van der Waals surface area contributed by atoms with E-state index in [9.17, 15) is 13.2 Å². The zero-order valence-electron chi connectivity index (χ0n) is 15.3. The molecule has 0 spiro atoms. The van der Waals surface area contributed by atoms with Crippen LogP contribution in [0.5, 0.6) is 5.75 Å². The van der Waals surface area contributed by atoms with Crippen molar-refractivity contribution in [3.05, 3.63) is 29.8 Å². The minimum absolute atomic E-state index is 0.0352. The molecule has 1 amide bonds. The number of amides is 1. The molecule has 2 N–H and O–H groups in total. The average molecular weight is 368 g/mol. The number of carbonyl (C=O) groups is 1. The molecule has 7 heteroatoms. The zero-order valence-corrected chi connectivity index (χ0v) is 16.2. The monoisotopic (exact) mass is 368 g/mol. The lowest BCUT2D eigenvalue weighted by molar-refractivity contribution is -0.117. The van der Waals surface area contributed by atoms with Crippen molar-refractivity contribution in [1.29, 1.82) is 0 Å². The van der Waals surface area contributed by atoms with E-state index >= 15 is 0 Å². The molecule has 0 bridgehead atoms. The van der Waals surface area contributed by atoms with Crippen LogP contribution in [0.15, 0.2) is 29.2 Å². The molecule has 0 heterocycles. The number of rotatable bonds is 10. The lowest BCUT2D eigenvalue weighted by atomic mass is 10.1. The maximum atomic E-state index is 12.0. The molecule has 140 valence electrons. The van der Waals surface area contributed by atoms with Crippen LogP contribution in [0.2, 0.25) is 0 Å². The van der Waals surface area contributed by atoms with Crippen LogP contribution in [0.1, 0.15) is 45.1 Å². The fourth-order valence-corrected chi connectivity index (χ4v) is 3.28. The van der Waals surface area contributed by atoms with Gasteiger partial charge in [0.1, 0.15) is 10.6 Å². The van der Waals surface area contributed by atoms with Crippen LogP contribution in [-0.4, -0.2) is 34.5 Å². The highest BCUT2D eigenvalue weighted by atomic mass is 32.2. The van der Waals surface area contributed by atoms with E-state index in [0.717, 1.165) is 25.7 Å². The topological polar surface area (TPSA) is 84.5 Å². The van der Waals surface area contributed by atoms with Gasteiger partial charge in [0.05, 0.1) is 7.11 Å². The van der Waals surface area contributed by atoms with Gasteiger partial charge in [0, 0.05) is 12.1 Å². The van der Waals surface area contributed by atoms with Crippen molar-refractivity contribution in [3.8, 4) is 5.75 Å². The number of hydrogen-bond acceptors (Lipinski definition) is 4. The molecule has 1 atom stereocenters. The molecule has 1 aromatic carbocycles. The van der Waals surface area contributed by atoms with Crippen molar-refractivity contribution in [2.45, 2.75) is 50.5 Å². The third kappa shape index (κ3) is 6.88. The van der Waals surface area contributed by atoms with Gasteiger partial charge in [-0.2, -0.15) is 0 Å². The van der Waals surface area contributed by atoms with Gasteiger partial charge in [-0.25, -0.2) is 13.1 Å². The molecular weight excluding hydrogens is 340 g/mol. The van der Waals surface area contributed by atoms with E-state index in [4.69, 9.17) is 4.74 Å². The van der Waals surface area contributed by atoms with Crippen LogP contribution in [0.25, 0.3) is 6.08 Å². The summed E-state index contributed by atoms with van der Waals surface area (Å²) in [5, 5.41) is 2.91. The van der Waals surface area contributed by atoms with Crippen LogP contribution in [0.3, 0.4) is 0 Å². The van der Waals surface area contributed by atoms with E-state index in [-0.39, 0.29) is 22.6 Å². The minimum Gasteiger partial charge on any atom is -0.495 e. The number of ether oxygens (including phenoxy) is 1. The van der Waals surface area contributed by atoms with Gasteiger partial charge in [0.2, 0.25) is 15.9 Å². The van der Waals surface area contributed by atoms with Crippen LogP contribution >= 0.6 is 0 Å². The van der Waals surface area contributed by atoms with Crippen molar-refractivity contribution in [3.63, 3.8) is 0 Å². The predicted molar refractivity (Wildman–Crippen MR) is 100 cm³/mol. The first kappa shape index (κ1) is 21.2. The molecule has 6 nitrogen and oxygen atoms in total. The fraction of sp³-hybridized carbons (Fsp3) is 0.500. The first-order valence-corrected chi connectivity index (χ1v) is 9.92. The Morgan fingerprint density at radius 1 is 1.32 bits per heavy atom. The number of hydrogen-bond donors (Lipinski definition) is 2. The molecule has 0 aliphatic heterocycles. The maximum Gasteiger partial charge on any atom is 0.244 e. The van der Waals surface area contributed by atoms with Crippen molar-refractivity contribution < 1.29 is 17.9 Å². The molecule has 1 rings (SSSR count). The molecule has 25 heavy (non-hydrogen) atoms. The van der Waals surface area contributed by atoms with Crippen LogP contribution in [0, 0.1) is 0 Å². The Hall–Kier alpha value is -1.86. The minimum atomic E-state index is -3.64. The standard InChI is InChI=1S/C18H28N2O4S/c1-5-6-7-8-14(2)20-18(21)12-10-15-9-11-16(24-4)17(13-15)25(22,23)19-3/h9-14,19H,5-8H2,1-4H3,(H,20,21)/b12-10+. The summed E-state index contributed by atoms with van der Waals surface area (Å²) in [6.45, 7) is 4.12. The van der Waals surface area contributed by atoms with Gasteiger partial charge in [-0.05, 0) is 44.2 Å². The Morgan fingerprint density at radius 3 is 2.64 bits per heavy atom. The quantitative estimate of drug-likeness (QED) is 0.491. The molecule has 0 aliphatic carbocycles. The van der Waals surface area contributed by atoms with Crippen LogP contribution in [0.4, 0.5) is 0 Å². The van der Waals surface area contributed by atoms with E-state index in [1.165, 1.54) is 26.3 Å². The zero-order chi connectivity index (χ0) is 18.9. The average Bonchev–Trinajstić information content (AvgIpc) is 2.59. The summed E-state index contributed by atoms with van der Waals surface area (Å²) in [7, 11) is -0.896. The van der Waals surface area contributed by atoms with Gasteiger partial charge >= 0.3 is 0 Å². The number of methoxy groups -OCH3 is 1. The fourth-order valence-electron chi connectivity index (χ4n) is 2.35. The molecule has 0 radical (unpaired) electrons. The van der Waals surface area contributed by atoms with E-state index in [2.05, 4.69) is 17.0 Å². The second kappa shape index (κ2) is 10.2. The first-order valence-electron chi connectivity index (χ1n) is 8.44. The molecule has 0 fully saturated rings. The van der Waals surface area contributed by atoms with E-state index in [0.29, 0.717) is 5.56 Å². The second-order valence-corrected chi connectivity index (χ2v) is 7.71. The number of sulfonamides is 1. The van der Waals surface area contributed by atoms with E-state index in [1.807, 2.05) is 6.92 Å².